The number of carbonyl (C=O) groups excluding carboxylic acids is 2. The molecule has 3 rings (SSSR count). The van der Waals surface area contributed by atoms with Gasteiger partial charge in [-0.2, -0.15) is 4.80 Å². The molecule has 0 fully saturated rings. The van der Waals surface area contributed by atoms with E-state index in [2.05, 4.69) is 36.3 Å². The van der Waals surface area contributed by atoms with E-state index < -0.39 is 5.91 Å². The van der Waals surface area contributed by atoms with Gasteiger partial charge in [-0.1, -0.05) is 28.1 Å². The Morgan fingerprint density at radius 3 is 2.70 bits per heavy atom. The molecule has 0 aliphatic rings. The van der Waals surface area contributed by atoms with Gasteiger partial charge in [0.25, 0.3) is 5.91 Å². The van der Waals surface area contributed by atoms with Crippen molar-refractivity contribution in [2.24, 2.45) is 5.73 Å². The lowest BCUT2D eigenvalue weighted by molar-refractivity contribution is 0.0977. The van der Waals surface area contributed by atoms with Crippen LogP contribution >= 0.6 is 15.9 Å². The van der Waals surface area contributed by atoms with Crippen molar-refractivity contribution in [1.82, 2.24) is 25.2 Å². The van der Waals surface area contributed by atoms with E-state index >= 15 is 0 Å². The van der Waals surface area contributed by atoms with E-state index in [4.69, 9.17) is 10.8 Å². The standard InChI is InChI=1S/C17H17BrN6O3/c1-8-3-4-10(7-11(8)18)15(26)12-9(2)13(20-14(12)16(19)27)17-21-23-24(22-17)5-6-25/h3-4,7,20,25H,5-6H2,1-2H3,(H2,19,27). The predicted octanol–water partition coefficient (Wildman–Crippen LogP) is 1.37. The summed E-state index contributed by atoms with van der Waals surface area (Å²) < 4.78 is 0.788. The van der Waals surface area contributed by atoms with Crippen molar-refractivity contribution in [1.29, 1.82) is 0 Å². The maximum Gasteiger partial charge on any atom is 0.265 e. The highest BCUT2D eigenvalue weighted by Gasteiger charge is 2.27. The summed E-state index contributed by atoms with van der Waals surface area (Å²) in [5.41, 5.74) is 7.91. The minimum absolute atomic E-state index is 0.0114. The van der Waals surface area contributed by atoms with E-state index in [0.29, 0.717) is 16.8 Å². The monoisotopic (exact) mass is 432 g/mol. The molecule has 10 heteroatoms. The SMILES string of the molecule is Cc1ccc(C(=O)c2c(C(N)=O)[nH]c(-c3nnn(CCO)n3)c2C)cc1Br. The van der Waals surface area contributed by atoms with Crippen LogP contribution in [0.25, 0.3) is 11.5 Å². The minimum Gasteiger partial charge on any atom is -0.394 e. The third-order valence-electron chi connectivity index (χ3n) is 4.13. The number of aliphatic hydroxyl groups is 1. The third kappa shape index (κ3) is 3.53. The molecule has 0 saturated heterocycles. The van der Waals surface area contributed by atoms with Crippen molar-refractivity contribution < 1.29 is 14.7 Å². The Kier molecular flexibility index (Phi) is 5.19. The number of benzene rings is 1. The zero-order chi connectivity index (χ0) is 19.7. The summed E-state index contributed by atoms with van der Waals surface area (Å²) >= 11 is 3.41. The first kappa shape index (κ1) is 18.9. The molecule has 0 spiro atoms. The number of H-pyrrole nitrogens is 1. The van der Waals surface area contributed by atoms with Gasteiger partial charge in [-0.25, -0.2) is 0 Å². The average molecular weight is 433 g/mol. The van der Waals surface area contributed by atoms with Gasteiger partial charge in [-0.15, -0.1) is 10.2 Å². The largest absolute Gasteiger partial charge is 0.394 e. The second-order valence-electron chi connectivity index (χ2n) is 5.96. The smallest absolute Gasteiger partial charge is 0.265 e. The molecule has 2 aromatic heterocycles. The quantitative estimate of drug-likeness (QED) is 0.502. The fourth-order valence-electron chi connectivity index (χ4n) is 2.69. The zero-order valence-corrected chi connectivity index (χ0v) is 16.2. The maximum absolute atomic E-state index is 13.1. The number of amides is 1. The van der Waals surface area contributed by atoms with Crippen molar-refractivity contribution in [2.75, 3.05) is 6.61 Å². The van der Waals surface area contributed by atoms with Crippen LogP contribution in [0.3, 0.4) is 0 Å². The molecule has 0 aliphatic heterocycles. The average Bonchev–Trinajstić information content (AvgIpc) is 3.21. The normalized spacial score (nSPS) is 11.0. The van der Waals surface area contributed by atoms with Crippen molar-refractivity contribution in [3.63, 3.8) is 0 Å². The van der Waals surface area contributed by atoms with Crippen LogP contribution in [0.1, 0.15) is 37.5 Å². The highest BCUT2D eigenvalue weighted by atomic mass is 79.9. The van der Waals surface area contributed by atoms with E-state index in [-0.39, 0.29) is 36.0 Å². The Morgan fingerprint density at radius 2 is 2.07 bits per heavy atom. The van der Waals surface area contributed by atoms with Crippen LogP contribution in [0.15, 0.2) is 22.7 Å². The molecule has 3 aromatic rings. The first-order valence-electron chi connectivity index (χ1n) is 8.05. The van der Waals surface area contributed by atoms with Gasteiger partial charge in [0.1, 0.15) is 5.69 Å². The van der Waals surface area contributed by atoms with Crippen molar-refractivity contribution in [3.8, 4) is 11.5 Å². The second kappa shape index (κ2) is 7.41. The number of carbonyl (C=O) groups is 2. The van der Waals surface area contributed by atoms with Crippen LogP contribution in [0.5, 0.6) is 0 Å². The van der Waals surface area contributed by atoms with E-state index in [1.54, 1.807) is 19.1 Å². The van der Waals surface area contributed by atoms with Crippen molar-refractivity contribution >= 4 is 27.6 Å². The lowest BCUT2D eigenvalue weighted by Crippen LogP contribution is -2.16. The fourth-order valence-corrected chi connectivity index (χ4v) is 3.07. The molecule has 1 aromatic carbocycles. The first-order valence-corrected chi connectivity index (χ1v) is 8.85. The van der Waals surface area contributed by atoms with Crippen LogP contribution < -0.4 is 5.73 Å². The number of aromatic nitrogens is 5. The van der Waals surface area contributed by atoms with Crippen LogP contribution in [0.4, 0.5) is 0 Å². The maximum atomic E-state index is 13.1. The van der Waals surface area contributed by atoms with E-state index in [9.17, 15) is 9.59 Å². The van der Waals surface area contributed by atoms with Crippen LogP contribution in [-0.2, 0) is 6.54 Å². The third-order valence-corrected chi connectivity index (χ3v) is 4.99. The number of primary amides is 1. The molecule has 140 valence electrons. The molecule has 0 atom stereocenters. The zero-order valence-electron chi connectivity index (χ0n) is 14.7. The minimum atomic E-state index is -0.762. The number of nitrogens with one attached hydrogen (secondary N) is 1. The van der Waals surface area contributed by atoms with Crippen LogP contribution in [0.2, 0.25) is 0 Å². The van der Waals surface area contributed by atoms with Gasteiger partial charge in [-0.3, -0.25) is 9.59 Å². The van der Waals surface area contributed by atoms with E-state index in [1.807, 2.05) is 13.0 Å². The molecular formula is C17H17BrN6O3. The summed E-state index contributed by atoms with van der Waals surface area (Å²) in [5, 5.41) is 20.8. The number of tetrazole rings is 1. The number of rotatable bonds is 6. The molecule has 0 bridgehead atoms. The van der Waals surface area contributed by atoms with Gasteiger partial charge >= 0.3 is 0 Å². The molecule has 4 N–H and O–H groups in total. The summed E-state index contributed by atoms with van der Waals surface area (Å²) in [6.45, 7) is 3.63. The number of aromatic amines is 1. The summed E-state index contributed by atoms with van der Waals surface area (Å²) in [5.74, 6) is -0.901. The topological polar surface area (TPSA) is 140 Å². The molecule has 0 unspecified atom stereocenters. The number of nitrogens with zero attached hydrogens (tertiary/aromatic N) is 4. The van der Waals surface area contributed by atoms with Crippen molar-refractivity contribution in [2.45, 2.75) is 20.4 Å². The number of aryl methyl sites for hydroxylation is 1. The lowest BCUT2D eigenvalue weighted by atomic mass is 9.98. The molecule has 0 saturated carbocycles. The molecule has 9 nitrogen and oxygen atoms in total. The number of hydrogen-bond acceptors (Lipinski definition) is 6. The van der Waals surface area contributed by atoms with Gasteiger partial charge in [0.2, 0.25) is 5.82 Å². The lowest BCUT2D eigenvalue weighted by Gasteiger charge is -2.05. The Morgan fingerprint density at radius 1 is 1.33 bits per heavy atom. The predicted molar refractivity (Wildman–Crippen MR) is 100 cm³/mol. The molecule has 0 radical (unpaired) electrons. The van der Waals surface area contributed by atoms with Gasteiger partial charge in [-0.05, 0) is 36.3 Å². The molecule has 27 heavy (non-hydrogen) atoms. The highest BCUT2D eigenvalue weighted by molar-refractivity contribution is 9.10. The molecule has 1 amide bonds. The summed E-state index contributed by atoms with van der Waals surface area (Å²) in [6.07, 6.45) is 0. The summed E-state index contributed by atoms with van der Waals surface area (Å²) in [4.78, 5) is 29.1. The molecular weight excluding hydrogens is 416 g/mol. The number of halogens is 1. The van der Waals surface area contributed by atoms with Crippen LogP contribution in [-0.4, -0.2) is 48.6 Å². The summed E-state index contributed by atoms with van der Waals surface area (Å²) in [6, 6.07) is 5.20. The number of hydrogen-bond donors (Lipinski definition) is 3. The molecule has 2 heterocycles. The Bertz CT molecular complexity index is 1040. The number of nitrogens with two attached hydrogens (primary N) is 1. The first-order chi connectivity index (χ1) is 12.8. The van der Waals surface area contributed by atoms with Crippen molar-refractivity contribution in [3.05, 3.63) is 50.6 Å². The molecule has 0 aliphatic carbocycles. The highest BCUT2D eigenvalue weighted by Crippen LogP contribution is 2.28. The van der Waals surface area contributed by atoms with Crippen LogP contribution in [0, 0.1) is 13.8 Å². The Hall–Kier alpha value is -2.85. The second-order valence-corrected chi connectivity index (χ2v) is 6.82. The van der Waals surface area contributed by atoms with Gasteiger partial charge in [0.05, 0.1) is 24.4 Å². The summed E-state index contributed by atoms with van der Waals surface area (Å²) in [7, 11) is 0. The van der Waals surface area contributed by atoms with Gasteiger partial charge in [0.15, 0.2) is 5.78 Å². The number of aliphatic hydroxyl groups excluding tert-OH is 1. The number of ketones is 1. The van der Waals surface area contributed by atoms with E-state index in [0.717, 1.165) is 10.0 Å². The fraction of sp³-hybridized carbons (Fsp3) is 0.235. The Balaban J connectivity index is 2.11. The van der Waals surface area contributed by atoms with Gasteiger partial charge in [0, 0.05) is 10.0 Å². The Labute approximate surface area is 162 Å². The van der Waals surface area contributed by atoms with Gasteiger partial charge < -0.3 is 15.8 Å². The van der Waals surface area contributed by atoms with E-state index in [1.165, 1.54) is 4.80 Å².